The van der Waals surface area contributed by atoms with Crippen LogP contribution in [-0.2, 0) is 39.5 Å². The zero-order chi connectivity index (χ0) is 31.4. The van der Waals surface area contributed by atoms with Gasteiger partial charge in [-0.05, 0) is 97.1 Å². The summed E-state index contributed by atoms with van der Waals surface area (Å²) >= 11 is 0. The highest BCUT2D eigenvalue weighted by Gasteiger charge is 2.20. The highest BCUT2D eigenvalue weighted by Crippen LogP contribution is 2.26. The number of sulfone groups is 1. The van der Waals surface area contributed by atoms with Crippen molar-refractivity contribution in [3.05, 3.63) is 97.1 Å². The Hall–Kier alpha value is -4.73. The average Bonchev–Trinajstić information content (AvgIpc) is 2.93. The summed E-state index contributed by atoms with van der Waals surface area (Å²) in [5.41, 5.74) is 1.11. The molecule has 0 atom stereocenters. The summed E-state index contributed by atoms with van der Waals surface area (Å²) in [4.78, 5) is 22.0. The molecule has 4 rings (SSSR count). The van der Waals surface area contributed by atoms with Crippen LogP contribution in [0.25, 0.3) is 0 Å². The lowest BCUT2D eigenvalue weighted by molar-refractivity contribution is -0.115. The lowest BCUT2D eigenvalue weighted by Gasteiger charge is -2.11. The molecule has 0 saturated carbocycles. The van der Waals surface area contributed by atoms with Gasteiger partial charge in [0.2, 0.25) is 21.7 Å². The maximum Gasteiger partial charge on any atom is 0.261 e. The molecule has 0 aliphatic rings. The van der Waals surface area contributed by atoms with Gasteiger partial charge in [0.25, 0.3) is 20.0 Å². The molecule has 43 heavy (non-hydrogen) atoms. The standard InChI is InChI=1S/C28H26N4O8S3/c1-19(33)29-21-3-15-27(16-4-21)42(37,38)31-23-7-11-25(12-8-23)41(35,36)26-13-9-24(10-14-26)32-43(39,40)28-17-5-22(6-18-28)30-20(2)34/h3-18,31-32H,1-2H3,(H,29,33)(H,30,34). The van der Waals surface area contributed by atoms with E-state index in [1.807, 2.05) is 0 Å². The molecule has 0 saturated heterocycles. The predicted octanol–water partition coefficient (Wildman–Crippen LogP) is 4.04. The van der Waals surface area contributed by atoms with Gasteiger partial charge in [-0.2, -0.15) is 0 Å². The first-order valence-corrected chi connectivity index (χ1v) is 16.9. The van der Waals surface area contributed by atoms with Gasteiger partial charge in [0, 0.05) is 36.6 Å². The van der Waals surface area contributed by atoms with E-state index in [2.05, 4.69) is 20.1 Å². The minimum Gasteiger partial charge on any atom is -0.326 e. The number of sulfonamides is 2. The lowest BCUT2D eigenvalue weighted by atomic mass is 10.3. The molecule has 0 aliphatic carbocycles. The first-order chi connectivity index (χ1) is 20.2. The highest BCUT2D eigenvalue weighted by atomic mass is 32.2. The monoisotopic (exact) mass is 642 g/mol. The Kier molecular flexibility index (Phi) is 8.89. The van der Waals surface area contributed by atoms with Crippen LogP contribution in [0.15, 0.2) is 117 Å². The second-order valence-corrected chi connectivity index (χ2v) is 14.5. The molecule has 4 aromatic carbocycles. The van der Waals surface area contributed by atoms with E-state index in [0.29, 0.717) is 11.4 Å². The van der Waals surface area contributed by atoms with Gasteiger partial charge < -0.3 is 10.6 Å². The molecule has 0 heterocycles. The van der Waals surface area contributed by atoms with Crippen LogP contribution in [0, 0.1) is 0 Å². The molecule has 15 heteroatoms. The molecule has 4 N–H and O–H groups in total. The van der Waals surface area contributed by atoms with Gasteiger partial charge >= 0.3 is 0 Å². The lowest BCUT2D eigenvalue weighted by Crippen LogP contribution is -2.14. The van der Waals surface area contributed by atoms with Gasteiger partial charge in [-0.25, -0.2) is 25.3 Å². The molecule has 4 aromatic rings. The molecule has 0 bridgehead atoms. The maximum absolute atomic E-state index is 13.1. The summed E-state index contributed by atoms with van der Waals surface area (Å²) < 4.78 is 82.0. The van der Waals surface area contributed by atoms with Crippen LogP contribution in [0.3, 0.4) is 0 Å². The Labute approximate surface area is 249 Å². The van der Waals surface area contributed by atoms with Crippen molar-refractivity contribution in [2.75, 3.05) is 20.1 Å². The molecule has 0 radical (unpaired) electrons. The van der Waals surface area contributed by atoms with Gasteiger partial charge in [-0.3, -0.25) is 19.0 Å². The largest absolute Gasteiger partial charge is 0.326 e. The molecule has 224 valence electrons. The summed E-state index contributed by atoms with van der Waals surface area (Å²) in [5.74, 6) is -0.597. The number of carbonyl (C=O) groups excluding carboxylic acids is 2. The minimum atomic E-state index is -4.02. The van der Waals surface area contributed by atoms with Crippen LogP contribution in [0.1, 0.15) is 13.8 Å². The third-order valence-corrected chi connectivity index (χ3v) is 10.4. The summed E-state index contributed by atoms with van der Waals surface area (Å²) in [7, 11) is -12.0. The Bertz CT molecular complexity index is 1840. The van der Waals surface area contributed by atoms with E-state index in [0.717, 1.165) is 0 Å². The van der Waals surface area contributed by atoms with Crippen LogP contribution in [0.4, 0.5) is 22.7 Å². The van der Waals surface area contributed by atoms with Crippen molar-refractivity contribution in [2.45, 2.75) is 33.4 Å². The van der Waals surface area contributed by atoms with Crippen molar-refractivity contribution >= 4 is 64.4 Å². The van der Waals surface area contributed by atoms with Crippen molar-refractivity contribution in [1.82, 2.24) is 0 Å². The second-order valence-electron chi connectivity index (χ2n) is 9.17. The van der Waals surface area contributed by atoms with Crippen molar-refractivity contribution in [3.63, 3.8) is 0 Å². The van der Waals surface area contributed by atoms with Gasteiger partial charge in [0.1, 0.15) is 0 Å². The molecule has 12 nitrogen and oxygen atoms in total. The fourth-order valence-corrected chi connectivity index (χ4v) is 7.19. The number of hydrogen-bond donors (Lipinski definition) is 4. The fourth-order valence-electron chi connectivity index (χ4n) is 3.81. The number of hydrogen-bond acceptors (Lipinski definition) is 8. The number of benzene rings is 4. The van der Waals surface area contributed by atoms with Crippen LogP contribution >= 0.6 is 0 Å². The summed E-state index contributed by atoms with van der Waals surface area (Å²) in [5, 5.41) is 5.08. The SMILES string of the molecule is CC(=O)Nc1ccc(S(=O)(=O)Nc2ccc(S(=O)(=O)c3ccc(NS(=O)(=O)c4ccc(NC(C)=O)cc4)cc3)cc2)cc1. The normalized spacial score (nSPS) is 11.8. The second kappa shape index (κ2) is 12.2. The van der Waals surface area contributed by atoms with Gasteiger partial charge in [0.05, 0.1) is 19.6 Å². The summed E-state index contributed by atoms with van der Waals surface area (Å²) in [6.07, 6.45) is 0. The molecule has 0 aliphatic heterocycles. The predicted molar refractivity (Wildman–Crippen MR) is 161 cm³/mol. The van der Waals surface area contributed by atoms with Gasteiger partial charge in [0.15, 0.2) is 0 Å². The van der Waals surface area contributed by atoms with Crippen molar-refractivity contribution in [2.24, 2.45) is 0 Å². The van der Waals surface area contributed by atoms with E-state index in [1.165, 1.54) is 111 Å². The maximum atomic E-state index is 13.1. The first kappa shape index (κ1) is 31.2. The number of anilines is 4. The Balaban J connectivity index is 1.44. The van der Waals surface area contributed by atoms with E-state index in [1.54, 1.807) is 0 Å². The van der Waals surface area contributed by atoms with Gasteiger partial charge in [-0.15, -0.1) is 0 Å². The van der Waals surface area contributed by atoms with Crippen molar-refractivity contribution in [3.8, 4) is 0 Å². The van der Waals surface area contributed by atoms with Crippen LogP contribution < -0.4 is 20.1 Å². The van der Waals surface area contributed by atoms with E-state index in [4.69, 9.17) is 0 Å². The van der Waals surface area contributed by atoms with Gasteiger partial charge in [-0.1, -0.05) is 0 Å². The van der Waals surface area contributed by atoms with E-state index in [9.17, 15) is 34.8 Å². The Morgan fingerprint density at radius 3 is 0.953 bits per heavy atom. The molecule has 0 fully saturated rings. The van der Waals surface area contributed by atoms with Crippen LogP contribution in [-0.4, -0.2) is 37.1 Å². The summed E-state index contributed by atoms with van der Waals surface area (Å²) in [6, 6.07) is 21.2. The summed E-state index contributed by atoms with van der Waals surface area (Å²) in [6.45, 7) is 2.66. The number of carbonyl (C=O) groups is 2. The van der Waals surface area contributed by atoms with E-state index >= 15 is 0 Å². The molecule has 2 amide bonds. The average molecular weight is 643 g/mol. The number of rotatable bonds is 10. The topological polar surface area (TPSA) is 185 Å². The first-order valence-electron chi connectivity index (χ1n) is 12.4. The quantitative estimate of drug-likeness (QED) is 0.200. The fraction of sp³-hybridized carbons (Fsp3) is 0.0714. The zero-order valence-electron chi connectivity index (χ0n) is 22.7. The molecular formula is C28H26N4O8S3. The van der Waals surface area contributed by atoms with Crippen LogP contribution in [0.5, 0.6) is 0 Å². The van der Waals surface area contributed by atoms with Crippen molar-refractivity contribution in [1.29, 1.82) is 0 Å². The molecule has 0 aromatic heterocycles. The Morgan fingerprint density at radius 1 is 0.419 bits per heavy atom. The minimum absolute atomic E-state index is 0.0592. The molecule has 0 unspecified atom stereocenters. The molecular weight excluding hydrogens is 617 g/mol. The zero-order valence-corrected chi connectivity index (χ0v) is 25.2. The Morgan fingerprint density at radius 2 is 0.674 bits per heavy atom. The third-order valence-electron chi connectivity index (χ3n) is 5.80. The number of amides is 2. The van der Waals surface area contributed by atoms with E-state index in [-0.39, 0.29) is 42.8 Å². The smallest absolute Gasteiger partial charge is 0.261 e. The third kappa shape index (κ3) is 7.77. The number of nitrogens with one attached hydrogen (secondary N) is 4. The van der Waals surface area contributed by atoms with Crippen molar-refractivity contribution < 1.29 is 34.8 Å². The molecule has 0 spiro atoms. The highest BCUT2D eigenvalue weighted by molar-refractivity contribution is 7.93. The van der Waals surface area contributed by atoms with E-state index < -0.39 is 29.9 Å². The van der Waals surface area contributed by atoms with Crippen LogP contribution in [0.2, 0.25) is 0 Å².